The minimum Gasteiger partial charge on any atom is -0.508 e. The zero-order valence-electron chi connectivity index (χ0n) is 14.1. The minimum atomic E-state index is -0.419. The lowest BCUT2D eigenvalue weighted by Crippen LogP contribution is -2.31. The molecule has 0 unspecified atom stereocenters. The lowest BCUT2D eigenvalue weighted by atomic mass is 10.1. The van der Waals surface area contributed by atoms with Gasteiger partial charge in [-0.1, -0.05) is 18.2 Å². The molecule has 8 nitrogen and oxygen atoms in total. The Morgan fingerprint density at radius 2 is 2.08 bits per heavy atom. The summed E-state index contributed by atoms with van der Waals surface area (Å²) in [5, 5.41) is 19.6. The van der Waals surface area contributed by atoms with Gasteiger partial charge < -0.3 is 15.7 Å². The molecule has 134 valence electrons. The Labute approximate surface area is 154 Å². The van der Waals surface area contributed by atoms with Gasteiger partial charge in [0, 0.05) is 17.3 Å². The van der Waals surface area contributed by atoms with Crippen LogP contribution in [-0.4, -0.2) is 30.9 Å². The fourth-order valence-electron chi connectivity index (χ4n) is 2.44. The highest BCUT2D eigenvalue weighted by atomic mass is 35.5. The average molecular weight is 373 g/mol. The maximum atomic E-state index is 12.2. The second-order valence-electron chi connectivity index (χ2n) is 5.70. The van der Waals surface area contributed by atoms with Crippen molar-refractivity contribution < 1.29 is 9.90 Å². The van der Waals surface area contributed by atoms with E-state index in [-0.39, 0.29) is 17.1 Å². The van der Waals surface area contributed by atoms with Gasteiger partial charge in [0.1, 0.15) is 5.75 Å². The zero-order chi connectivity index (χ0) is 18.7. The number of urea groups is 1. The Hall–Kier alpha value is -3.13. The van der Waals surface area contributed by atoms with Crippen LogP contribution in [0.3, 0.4) is 0 Å². The van der Waals surface area contributed by atoms with Crippen molar-refractivity contribution >= 4 is 23.3 Å². The number of rotatable bonds is 4. The first kappa shape index (κ1) is 17.7. The molecule has 2 aromatic heterocycles. The van der Waals surface area contributed by atoms with Crippen LogP contribution in [0.5, 0.6) is 5.75 Å². The van der Waals surface area contributed by atoms with E-state index >= 15 is 0 Å². The van der Waals surface area contributed by atoms with E-state index < -0.39 is 6.03 Å². The van der Waals surface area contributed by atoms with Crippen LogP contribution < -0.4 is 10.6 Å². The van der Waals surface area contributed by atoms with Gasteiger partial charge in [-0.15, -0.1) is 0 Å². The molecule has 0 bridgehead atoms. The molecule has 0 radical (unpaired) electrons. The summed E-state index contributed by atoms with van der Waals surface area (Å²) >= 11 is 5.82. The number of aromatic nitrogens is 4. The molecular weight excluding hydrogens is 356 g/mol. The second kappa shape index (κ2) is 7.40. The highest BCUT2D eigenvalue weighted by Crippen LogP contribution is 2.23. The molecule has 3 N–H and O–H groups in total. The summed E-state index contributed by atoms with van der Waals surface area (Å²) in [6.07, 6.45) is 4.72. The number of halogens is 1. The van der Waals surface area contributed by atoms with Gasteiger partial charge in [0.25, 0.3) is 0 Å². The smallest absolute Gasteiger partial charge is 0.319 e. The summed E-state index contributed by atoms with van der Waals surface area (Å²) in [5.74, 6) is 0.658. The number of phenols is 1. The Morgan fingerprint density at radius 1 is 1.31 bits per heavy atom. The molecule has 0 fully saturated rings. The lowest BCUT2D eigenvalue weighted by Gasteiger charge is -2.15. The van der Waals surface area contributed by atoms with Crippen LogP contribution in [-0.2, 0) is 0 Å². The van der Waals surface area contributed by atoms with E-state index in [0.717, 1.165) is 5.56 Å². The maximum absolute atomic E-state index is 12.2. The second-order valence-corrected chi connectivity index (χ2v) is 6.04. The van der Waals surface area contributed by atoms with E-state index in [1.807, 2.05) is 6.92 Å². The number of aromatic hydroxyl groups is 1. The Balaban J connectivity index is 1.68. The number of anilines is 1. The van der Waals surface area contributed by atoms with Crippen LogP contribution in [0.2, 0.25) is 5.28 Å². The molecule has 1 aromatic carbocycles. The fraction of sp³-hybridized carbons (Fsp3) is 0.176. The molecule has 0 aliphatic carbocycles. The molecule has 3 aromatic rings. The summed E-state index contributed by atoms with van der Waals surface area (Å²) in [5.41, 5.74) is 1.91. The van der Waals surface area contributed by atoms with Gasteiger partial charge in [-0.05, 0) is 31.5 Å². The van der Waals surface area contributed by atoms with E-state index in [4.69, 9.17) is 11.6 Å². The number of hydrogen-bond donors (Lipinski definition) is 3. The van der Waals surface area contributed by atoms with Crippen LogP contribution in [0.1, 0.15) is 24.1 Å². The van der Waals surface area contributed by atoms with Gasteiger partial charge in [-0.25, -0.2) is 14.5 Å². The van der Waals surface area contributed by atoms with Crippen molar-refractivity contribution in [3.8, 4) is 11.6 Å². The summed E-state index contributed by atoms with van der Waals surface area (Å²) in [4.78, 5) is 20.2. The first-order valence-electron chi connectivity index (χ1n) is 7.83. The van der Waals surface area contributed by atoms with E-state index in [0.29, 0.717) is 17.1 Å². The van der Waals surface area contributed by atoms with Crippen molar-refractivity contribution in [1.29, 1.82) is 0 Å². The third kappa shape index (κ3) is 3.92. The van der Waals surface area contributed by atoms with Gasteiger partial charge in [-0.3, -0.25) is 0 Å². The zero-order valence-corrected chi connectivity index (χ0v) is 14.9. The number of phenolic OH excluding ortho intramolecular Hbond substituents is 1. The molecule has 0 aliphatic heterocycles. The first-order chi connectivity index (χ1) is 12.4. The van der Waals surface area contributed by atoms with Crippen LogP contribution in [0, 0.1) is 6.92 Å². The number of benzene rings is 1. The topological polar surface area (TPSA) is 105 Å². The largest absolute Gasteiger partial charge is 0.508 e. The fourth-order valence-corrected chi connectivity index (χ4v) is 2.57. The Morgan fingerprint density at radius 3 is 2.85 bits per heavy atom. The minimum absolute atomic E-state index is 0.116. The monoisotopic (exact) mass is 372 g/mol. The molecular formula is C17H17ClN6O2. The predicted molar refractivity (Wildman–Crippen MR) is 97.6 cm³/mol. The van der Waals surface area contributed by atoms with Crippen molar-refractivity contribution in [2.75, 3.05) is 5.32 Å². The number of nitrogens with one attached hydrogen (secondary N) is 2. The lowest BCUT2D eigenvalue weighted by molar-refractivity contribution is 0.249. The highest BCUT2D eigenvalue weighted by Gasteiger charge is 2.14. The third-order valence-corrected chi connectivity index (χ3v) is 3.91. The van der Waals surface area contributed by atoms with Gasteiger partial charge in [0.2, 0.25) is 5.28 Å². The van der Waals surface area contributed by atoms with Gasteiger partial charge in [0.05, 0.1) is 24.1 Å². The van der Waals surface area contributed by atoms with Crippen molar-refractivity contribution in [3.63, 3.8) is 0 Å². The Kier molecular flexibility index (Phi) is 5.04. The van der Waals surface area contributed by atoms with Crippen LogP contribution >= 0.6 is 11.6 Å². The summed E-state index contributed by atoms with van der Waals surface area (Å²) in [6.45, 7) is 3.62. The van der Waals surface area contributed by atoms with Gasteiger partial charge >= 0.3 is 6.03 Å². The predicted octanol–water partition coefficient (Wildman–Crippen LogP) is 3.21. The first-order valence-corrected chi connectivity index (χ1v) is 8.21. The van der Waals surface area contributed by atoms with Crippen molar-refractivity contribution in [3.05, 3.63) is 59.3 Å². The molecule has 0 aliphatic rings. The molecule has 2 heterocycles. The summed E-state index contributed by atoms with van der Waals surface area (Å²) in [7, 11) is 0. The molecule has 2 amide bonds. The van der Waals surface area contributed by atoms with E-state index in [9.17, 15) is 9.90 Å². The molecule has 9 heteroatoms. The standard InChI is InChI=1S/C17H17ClN6O2/c1-10-7-19-16(18)23-15(10)24-9-12(8-20-24)22-17(26)21-11(2)13-5-3-4-6-14(13)25/h3-9,11,25H,1-2H3,(H2,21,22,26)/t11-/m0/s1. The normalized spacial score (nSPS) is 11.8. The van der Waals surface area contributed by atoms with Crippen LogP contribution in [0.15, 0.2) is 42.9 Å². The number of para-hydroxylation sites is 1. The van der Waals surface area contributed by atoms with Gasteiger partial charge in [0.15, 0.2) is 5.82 Å². The molecule has 3 rings (SSSR count). The molecule has 0 saturated carbocycles. The summed E-state index contributed by atoms with van der Waals surface area (Å²) in [6, 6.07) is 6.06. The molecule has 26 heavy (non-hydrogen) atoms. The Bertz CT molecular complexity index is 943. The van der Waals surface area contributed by atoms with Crippen LogP contribution in [0.4, 0.5) is 10.5 Å². The average Bonchev–Trinajstić information content (AvgIpc) is 3.05. The van der Waals surface area contributed by atoms with Crippen molar-refractivity contribution in [1.82, 2.24) is 25.1 Å². The SMILES string of the molecule is Cc1cnc(Cl)nc1-n1cc(NC(=O)N[C@@H](C)c2ccccc2O)cn1. The number of carbonyl (C=O) groups is 1. The molecule has 1 atom stereocenters. The number of carbonyl (C=O) groups excluding carboxylic acids is 1. The van der Waals surface area contributed by atoms with Crippen molar-refractivity contribution in [2.45, 2.75) is 19.9 Å². The number of hydrogen-bond acceptors (Lipinski definition) is 5. The third-order valence-electron chi connectivity index (χ3n) is 3.72. The summed E-state index contributed by atoms with van der Waals surface area (Å²) < 4.78 is 1.50. The van der Waals surface area contributed by atoms with Crippen molar-refractivity contribution in [2.24, 2.45) is 0 Å². The van der Waals surface area contributed by atoms with E-state index in [1.165, 1.54) is 10.9 Å². The molecule has 0 spiro atoms. The quantitative estimate of drug-likeness (QED) is 0.610. The molecule has 0 saturated heterocycles. The van der Waals surface area contributed by atoms with E-state index in [1.54, 1.807) is 43.6 Å². The number of amides is 2. The maximum Gasteiger partial charge on any atom is 0.319 e. The van der Waals surface area contributed by atoms with Crippen LogP contribution in [0.25, 0.3) is 5.82 Å². The number of nitrogens with zero attached hydrogens (tertiary/aromatic N) is 4. The van der Waals surface area contributed by atoms with Gasteiger partial charge in [-0.2, -0.15) is 10.1 Å². The number of aryl methyl sites for hydroxylation is 1. The van der Waals surface area contributed by atoms with E-state index in [2.05, 4.69) is 25.7 Å². The highest BCUT2D eigenvalue weighted by molar-refractivity contribution is 6.28.